The van der Waals surface area contributed by atoms with Crippen molar-refractivity contribution >= 4 is 33.6 Å². The van der Waals surface area contributed by atoms with Crippen LogP contribution in [-0.4, -0.2) is 22.8 Å². The normalized spacial score (nSPS) is 12.1. The van der Waals surface area contributed by atoms with Gasteiger partial charge in [0.15, 0.2) is 5.78 Å². The molecule has 0 fully saturated rings. The number of carbonyl (C=O) groups is 2. The van der Waals surface area contributed by atoms with E-state index in [1.807, 2.05) is 0 Å². The summed E-state index contributed by atoms with van der Waals surface area (Å²) in [5.74, 6) is -3.69. The number of phenols is 1. The zero-order chi connectivity index (χ0) is 17.9. The first kappa shape index (κ1) is 17.9. The molecule has 0 aromatic heterocycles. The Bertz CT molecular complexity index is 812. The van der Waals surface area contributed by atoms with Crippen LogP contribution in [0.1, 0.15) is 15.9 Å². The summed E-state index contributed by atoms with van der Waals surface area (Å²) >= 11 is 3.11. The molecule has 0 heterocycles. The van der Waals surface area contributed by atoms with Gasteiger partial charge in [-0.15, -0.1) is 0 Å². The fraction of sp³-hybridized carbons (Fsp3) is 0.0588. The van der Waals surface area contributed by atoms with Crippen LogP contribution in [0.2, 0.25) is 0 Å². The number of Topliss-reactive ketones (excluding diaryl/α,β-unsaturated/α-hetero) is 2. The Kier molecular flexibility index (Phi) is 5.23. The fourth-order valence-electron chi connectivity index (χ4n) is 1.93. The van der Waals surface area contributed by atoms with Crippen LogP contribution in [0.4, 0.5) is 13.2 Å². The molecule has 7 heteroatoms. The minimum atomic E-state index is -5.21. The molecule has 0 saturated heterocycles. The van der Waals surface area contributed by atoms with E-state index >= 15 is 0 Å². The topological polar surface area (TPSA) is 54.4 Å². The highest BCUT2D eigenvalue weighted by atomic mass is 79.9. The molecule has 0 radical (unpaired) electrons. The third-order valence-corrected chi connectivity index (χ3v) is 3.57. The van der Waals surface area contributed by atoms with Gasteiger partial charge in [-0.1, -0.05) is 46.3 Å². The van der Waals surface area contributed by atoms with Crippen molar-refractivity contribution < 1.29 is 27.9 Å². The van der Waals surface area contributed by atoms with Gasteiger partial charge in [-0.3, -0.25) is 9.59 Å². The van der Waals surface area contributed by atoms with Crippen molar-refractivity contribution in [2.45, 2.75) is 6.18 Å². The van der Waals surface area contributed by atoms with Gasteiger partial charge in [0.05, 0.1) is 5.57 Å². The van der Waals surface area contributed by atoms with Crippen LogP contribution < -0.4 is 0 Å². The third kappa shape index (κ3) is 4.11. The van der Waals surface area contributed by atoms with E-state index < -0.39 is 23.3 Å². The van der Waals surface area contributed by atoms with E-state index in [0.717, 1.165) is 6.08 Å². The number of alkyl halides is 3. The van der Waals surface area contributed by atoms with Gasteiger partial charge in [-0.2, -0.15) is 13.2 Å². The largest absolute Gasteiger partial charge is 0.507 e. The van der Waals surface area contributed by atoms with Crippen LogP contribution in [0.25, 0.3) is 6.08 Å². The molecule has 2 rings (SSSR count). The van der Waals surface area contributed by atoms with Crippen LogP contribution in [0.3, 0.4) is 0 Å². The van der Waals surface area contributed by atoms with Gasteiger partial charge in [0, 0.05) is 15.6 Å². The molecule has 0 bridgehead atoms. The lowest BCUT2D eigenvalue weighted by atomic mass is 9.97. The number of benzene rings is 2. The van der Waals surface area contributed by atoms with Crippen molar-refractivity contribution in [3.05, 3.63) is 69.7 Å². The Morgan fingerprint density at radius 3 is 2.25 bits per heavy atom. The molecular formula is C17H10BrF3O3. The lowest BCUT2D eigenvalue weighted by Gasteiger charge is -2.10. The van der Waals surface area contributed by atoms with Crippen LogP contribution in [0, 0.1) is 0 Å². The molecule has 2 aromatic carbocycles. The number of allylic oxidation sites excluding steroid dienone is 1. The van der Waals surface area contributed by atoms with Gasteiger partial charge < -0.3 is 5.11 Å². The van der Waals surface area contributed by atoms with Crippen LogP contribution in [0.5, 0.6) is 5.75 Å². The number of halogens is 4. The molecular weight excluding hydrogens is 389 g/mol. The van der Waals surface area contributed by atoms with Gasteiger partial charge in [-0.05, 0) is 24.3 Å². The van der Waals surface area contributed by atoms with Gasteiger partial charge in [0.1, 0.15) is 5.75 Å². The van der Waals surface area contributed by atoms with Crippen molar-refractivity contribution in [1.29, 1.82) is 0 Å². The Hall–Kier alpha value is -2.41. The smallest absolute Gasteiger partial charge is 0.455 e. The molecule has 1 N–H and O–H groups in total. The maximum atomic E-state index is 12.8. The second kappa shape index (κ2) is 7.00. The summed E-state index contributed by atoms with van der Waals surface area (Å²) in [4.78, 5) is 24.0. The standard InChI is InChI=1S/C17H10BrF3O3/c18-12-6-7-14(22)11(8-12)9-13(16(24)17(19,20)21)15(23)10-4-2-1-3-5-10/h1-9,22H/b13-9+. The van der Waals surface area contributed by atoms with E-state index in [0.29, 0.717) is 4.47 Å². The maximum absolute atomic E-state index is 12.8. The Balaban J connectivity index is 2.59. The van der Waals surface area contributed by atoms with Crippen molar-refractivity contribution in [3.63, 3.8) is 0 Å². The highest BCUT2D eigenvalue weighted by Gasteiger charge is 2.43. The molecule has 0 amide bonds. The summed E-state index contributed by atoms with van der Waals surface area (Å²) < 4.78 is 39.0. The maximum Gasteiger partial charge on any atom is 0.455 e. The Labute approximate surface area is 143 Å². The third-order valence-electron chi connectivity index (χ3n) is 3.07. The van der Waals surface area contributed by atoms with Crippen molar-refractivity contribution in [2.24, 2.45) is 0 Å². The number of phenolic OH excluding ortho intramolecular Hbond substituents is 1. The number of ketones is 2. The second-order valence-corrected chi connectivity index (χ2v) is 5.70. The molecule has 0 aliphatic carbocycles. The van der Waals surface area contributed by atoms with Crippen molar-refractivity contribution in [3.8, 4) is 5.75 Å². The monoisotopic (exact) mass is 398 g/mol. The van der Waals surface area contributed by atoms with E-state index in [1.165, 1.54) is 42.5 Å². The van der Waals surface area contributed by atoms with Crippen LogP contribution >= 0.6 is 15.9 Å². The predicted molar refractivity (Wildman–Crippen MR) is 85.6 cm³/mol. The van der Waals surface area contributed by atoms with Crippen LogP contribution in [0.15, 0.2) is 58.6 Å². The highest BCUT2D eigenvalue weighted by Crippen LogP contribution is 2.28. The van der Waals surface area contributed by atoms with Gasteiger partial charge in [0.2, 0.25) is 0 Å². The molecule has 124 valence electrons. The van der Waals surface area contributed by atoms with E-state index in [9.17, 15) is 27.9 Å². The average Bonchev–Trinajstić information content (AvgIpc) is 2.54. The lowest BCUT2D eigenvalue weighted by molar-refractivity contribution is -0.166. The minimum absolute atomic E-state index is 0.0594. The summed E-state index contributed by atoms with van der Waals surface area (Å²) in [6.07, 6.45) is -4.47. The number of hydrogen-bond acceptors (Lipinski definition) is 3. The molecule has 0 spiro atoms. The molecule has 0 aliphatic heterocycles. The van der Waals surface area contributed by atoms with Crippen molar-refractivity contribution in [1.82, 2.24) is 0 Å². The van der Waals surface area contributed by atoms with Gasteiger partial charge in [0.25, 0.3) is 5.78 Å². The molecule has 0 saturated carbocycles. The fourth-order valence-corrected chi connectivity index (χ4v) is 2.31. The quantitative estimate of drug-likeness (QED) is 0.355. The lowest BCUT2D eigenvalue weighted by Crippen LogP contribution is -2.28. The molecule has 24 heavy (non-hydrogen) atoms. The van der Waals surface area contributed by atoms with Crippen LogP contribution in [-0.2, 0) is 4.79 Å². The Morgan fingerprint density at radius 2 is 1.67 bits per heavy atom. The van der Waals surface area contributed by atoms with E-state index in [2.05, 4.69) is 15.9 Å². The van der Waals surface area contributed by atoms with Crippen molar-refractivity contribution in [2.75, 3.05) is 0 Å². The van der Waals surface area contributed by atoms with Gasteiger partial charge >= 0.3 is 6.18 Å². The van der Waals surface area contributed by atoms with E-state index in [-0.39, 0.29) is 16.9 Å². The summed E-state index contributed by atoms with van der Waals surface area (Å²) in [6.45, 7) is 0. The minimum Gasteiger partial charge on any atom is -0.507 e. The SMILES string of the molecule is O=C(/C(=C\c1cc(Br)ccc1O)C(=O)C(F)(F)F)c1ccccc1. The number of rotatable bonds is 4. The molecule has 3 nitrogen and oxygen atoms in total. The zero-order valence-electron chi connectivity index (χ0n) is 12.0. The average molecular weight is 399 g/mol. The summed E-state index contributed by atoms with van der Waals surface area (Å²) in [5.41, 5.74) is -1.21. The number of carbonyl (C=O) groups excluding carboxylic acids is 2. The second-order valence-electron chi connectivity index (χ2n) is 4.78. The molecule has 0 atom stereocenters. The molecule has 2 aromatic rings. The summed E-state index contributed by atoms with van der Waals surface area (Å²) in [6, 6.07) is 11.2. The molecule has 0 unspecified atom stereocenters. The van der Waals surface area contributed by atoms with E-state index in [1.54, 1.807) is 6.07 Å². The molecule has 0 aliphatic rings. The highest BCUT2D eigenvalue weighted by molar-refractivity contribution is 9.10. The summed E-state index contributed by atoms with van der Waals surface area (Å²) in [7, 11) is 0. The zero-order valence-corrected chi connectivity index (χ0v) is 13.6. The van der Waals surface area contributed by atoms with Gasteiger partial charge in [-0.25, -0.2) is 0 Å². The summed E-state index contributed by atoms with van der Waals surface area (Å²) in [5, 5.41) is 9.75. The van der Waals surface area contributed by atoms with E-state index in [4.69, 9.17) is 0 Å². The number of aromatic hydroxyl groups is 1. The first-order valence-corrected chi connectivity index (χ1v) is 7.41. The predicted octanol–water partition coefficient (Wildman–Crippen LogP) is 4.55. The number of hydrogen-bond donors (Lipinski definition) is 1. The first-order chi connectivity index (χ1) is 11.2. The Morgan fingerprint density at radius 1 is 1.04 bits per heavy atom. The first-order valence-electron chi connectivity index (χ1n) is 6.61.